The Bertz CT molecular complexity index is 591. The molecule has 0 bridgehead atoms. The van der Waals surface area contributed by atoms with Crippen LogP contribution in [-0.2, 0) is 0 Å². The molecule has 92 valence electrons. The van der Waals surface area contributed by atoms with E-state index in [1.54, 1.807) is 13.2 Å². The minimum absolute atomic E-state index is 0.413. The first kappa shape index (κ1) is 12.2. The van der Waals surface area contributed by atoms with Crippen LogP contribution >= 0.6 is 0 Å². The number of rotatable bonds is 3. The molecule has 0 aliphatic carbocycles. The first-order chi connectivity index (χ1) is 8.65. The molecule has 0 spiro atoms. The molecule has 0 saturated carbocycles. The molecule has 2 aromatic carbocycles. The van der Waals surface area contributed by atoms with Gasteiger partial charge < -0.3 is 10.5 Å². The van der Waals surface area contributed by atoms with Crippen LogP contribution in [0.5, 0.6) is 5.75 Å². The Morgan fingerprint density at radius 1 is 1.06 bits per heavy atom. The average molecular weight is 241 g/mol. The number of amides is 1. The third kappa shape index (κ3) is 2.07. The first-order valence-corrected chi connectivity index (χ1v) is 5.68. The third-order valence-corrected chi connectivity index (χ3v) is 3.00. The summed E-state index contributed by atoms with van der Waals surface area (Å²) in [5.41, 5.74) is 8.69. The number of para-hydroxylation sites is 1. The minimum atomic E-state index is -0.413. The molecule has 3 nitrogen and oxygen atoms in total. The van der Waals surface area contributed by atoms with Gasteiger partial charge in [-0.25, -0.2) is 0 Å². The number of carbonyl (C=O) groups excluding carboxylic acids is 1. The summed E-state index contributed by atoms with van der Waals surface area (Å²) in [6.07, 6.45) is 0. The Hall–Kier alpha value is -2.29. The SMILES string of the molecule is COc1ccccc1-c1cccc(C(N)=O)c1C. The number of methoxy groups -OCH3 is 1. The van der Waals surface area contributed by atoms with Crippen molar-refractivity contribution in [1.29, 1.82) is 0 Å². The largest absolute Gasteiger partial charge is 0.496 e. The molecule has 3 heteroatoms. The Morgan fingerprint density at radius 2 is 1.72 bits per heavy atom. The summed E-state index contributed by atoms with van der Waals surface area (Å²) in [5, 5.41) is 0. The van der Waals surface area contributed by atoms with E-state index < -0.39 is 5.91 Å². The van der Waals surface area contributed by atoms with Crippen LogP contribution in [0.2, 0.25) is 0 Å². The highest BCUT2D eigenvalue weighted by molar-refractivity contribution is 5.96. The number of ether oxygens (including phenoxy) is 1. The maximum atomic E-state index is 11.4. The van der Waals surface area contributed by atoms with Gasteiger partial charge in [-0.2, -0.15) is 0 Å². The second-order valence-corrected chi connectivity index (χ2v) is 4.04. The lowest BCUT2D eigenvalue weighted by molar-refractivity contribution is 0.1000. The molecule has 2 rings (SSSR count). The van der Waals surface area contributed by atoms with E-state index in [1.165, 1.54) is 0 Å². The van der Waals surface area contributed by atoms with Crippen LogP contribution in [0.4, 0.5) is 0 Å². The van der Waals surface area contributed by atoms with Gasteiger partial charge in [0.05, 0.1) is 7.11 Å². The van der Waals surface area contributed by atoms with E-state index in [0.29, 0.717) is 5.56 Å². The van der Waals surface area contributed by atoms with Gasteiger partial charge in [0.25, 0.3) is 0 Å². The highest BCUT2D eigenvalue weighted by atomic mass is 16.5. The molecule has 18 heavy (non-hydrogen) atoms. The zero-order valence-electron chi connectivity index (χ0n) is 10.4. The third-order valence-electron chi connectivity index (χ3n) is 3.00. The summed E-state index contributed by atoms with van der Waals surface area (Å²) < 4.78 is 5.34. The summed E-state index contributed by atoms with van der Waals surface area (Å²) in [6.45, 7) is 1.89. The number of hydrogen-bond donors (Lipinski definition) is 1. The van der Waals surface area contributed by atoms with Gasteiger partial charge in [-0.15, -0.1) is 0 Å². The van der Waals surface area contributed by atoms with E-state index in [9.17, 15) is 4.79 Å². The van der Waals surface area contributed by atoms with Crippen molar-refractivity contribution in [2.75, 3.05) is 7.11 Å². The lowest BCUT2D eigenvalue weighted by Crippen LogP contribution is -2.13. The van der Waals surface area contributed by atoms with Gasteiger partial charge in [-0.05, 0) is 30.2 Å². The van der Waals surface area contributed by atoms with Crippen molar-refractivity contribution in [3.05, 3.63) is 53.6 Å². The maximum Gasteiger partial charge on any atom is 0.248 e. The van der Waals surface area contributed by atoms with Crippen LogP contribution in [0.25, 0.3) is 11.1 Å². The molecule has 2 aromatic rings. The predicted octanol–water partition coefficient (Wildman–Crippen LogP) is 2.77. The monoisotopic (exact) mass is 241 g/mol. The van der Waals surface area contributed by atoms with E-state index in [1.807, 2.05) is 43.3 Å². The van der Waals surface area contributed by atoms with Crippen molar-refractivity contribution in [2.24, 2.45) is 5.73 Å². The minimum Gasteiger partial charge on any atom is -0.496 e. The predicted molar refractivity (Wildman–Crippen MR) is 71.7 cm³/mol. The van der Waals surface area contributed by atoms with Crippen molar-refractivity contribution in [3.8, 4) is 16.9 Å². The van der Waals surface area contributed by atoms with Crippen molar-refractivity contribution < 1.29 is 9.53 Å². The van der Waals surface area contributed by atoms with Crippen LogP contribution < -0.4 is 10.5 Å². The molecule has 2 N–H and O–H groups in total. The second kappa shape index (κ2) is 4.92. The Kier molecular flexibility index (Phi) is 3.33. The molecular weight excluding hydrogens is 226 g/mol. The Labute approximate surface area is 106 Å². The van der Waals surface area contributed by atoms with E-state index in [4.69, 9.17) is 10.5 Å². The van der Waals surface area contributed by atoms with Crippen molar-refractivity contribution in [3.63, 3.8) is 0 Å². The number of hydrogen-bond acceptors (Lipinski definition) is 2. The first-order valence-electron chi connectivity index (χ1n) is 5.68. The van der Waals surface area contributed by atoms with Gasteiger partial charge in [0.1, 0.15) is 5.75 Å². The summed E-state index contributed by atoms with van der Waals surface area (Å²) in [4.78, 5) is 11.4. The summed E-state index contributed by atoms with van der Waals surface area (Å²) in [6, 6.07) is 13.2. The van der Waals surface area contributed by atoms with E-state index in [-0.39, 0.29) is 0 Å². The quantitative estimate of drug-likeness (QED) is 0.898. The maximum absolute atomic E-state index is 11.4. The lowest BCUT2D eigenvalue weighted by atomic mass is 9.95. The van der Waals surface area contributed by atoms with Gasteiger partial charge in [0.15, 0.2) is 0 Å². The summed E-state index contributed by atoms with van der Waals surface area (Å²) in [5.74, 6) is 0.367. The Morgan fingerprint density at radius 3 is 2.39 bits per heavy atom. The molecule has 0 radical (unpaired) electrons. The number of primary amides is 1. The fraction of sp³-hybridized carbons (Fsp3) is 0.133. The fourth-order valence-corrected chi connectivity index (χ4v) is 2.06. The number of nitrogens with two attached hydrogens (primary N) is 1. The molecule has 0 atom stereocenters. The average Bonchev–Trinajstić information content (AvgIpc) is 2.38. The van der Waals surface area contributed by atoms with Crippen molar-refractivity contribution in [1.82, 2.24) is 0 Å². The van der Waals surface area contributed by atoms with Crippen LogP contribution in [0, 0.1) is 6.92 Å². The zero-order valence-corrected chi connectivity index (χ0v) is 10.4. The molecule has 0 saturated heterocycles. The van der Waals surface area contributed by atoms with Gasteiger partial charge in [0, 0.05) is 11.1 Å². The highest BCUT2D eigenvalue weighted by Crippen LogP contribution is 2.32. The summed E-state index contributed by atoms with van der Waals surface area (Å²) >= 11 is 0. The van der Waals surface area contributed by atoms with Gasteiger partial charge in [-0.1, -0.05) is 30.3 Å². The molecule has 0 aliphatic rings. The van der Waals surface area contributed by atoms with Gasteiger partial charge >= 0.3 is 0 Å². The van der Waals surface area contributed by atoms with Crippen molar-refractivity contribution in [2.45, 2.75) is 6.92 Å². The van der Waals surface area contributed by atoms with E-state index in [2.05, 4.69) is 0 Å². The molecule has 0 fully saturated rings. The van der Waals surface area contributed by atoms with Crippen molar-refractivity contribution >= 4 is 5.91 Å². The van der Waals surface area contributed by atoms with Crippen LogP contribution in [0.1, 0.15) is 15.9 Å². The molecule has 1 amide bonds. The summed E-state index contributed by atoms with van der Waals surface area (Å²) in [7, 11) is 1.63. The van der Waals surface area contributed by atoms with E-state index >= 15 is 0 Å². The standard InChI is InChI=1S/C15H15NO2/c1-10-11(7-5-8-12(10)15(16)17)13-6-3-4-9-14(13)18-2/h3-9H,1-2H3,(H2,16,17). The smallest absolute Gasteiger partial charge is 0.248 e. The normalized spacial score (nSPS) is 10.1. The zero-order chi connectivity index (χ0) is 13.1. The number of benzene rings is 2. The van der Waals surface area contributed by atoms with Crippen LogP contribution in [0.15, 0.2) is 42.5 Å². The molecule has 0 unspecified atom stereocenters. The lowest BCUT2D eigenvalue weighted by Gasteiger charge is -2.12. The van der Waals surface area contributed by atoms with Gasteiger partial charge in [-0.3, -0.25) is 4.79 Å². The molecule has 0 aromatic heterocycles. The Balaban J connectivity index is 2.64. The topological polar surface area (TPSA) is 52.3 Å². The molecule has 0 aliphatic heterocycles. The molecule has 0 heterocycles. The van der Waals surface area contributed by atoms with Crippen LogP contribution in [0.3, 0.4) is 0 Å². The molecular formula is C15H15NO2. The fourth-order valence-electron chi connectivity index (χ4n) is 2.06. The number of carbonyl (C=O) groups is 1. The van der Waals surface area contributed by atoms with Gasteiger partial charge in [0.2, 0.25) is 5.91 Å². The highest BCUT2D eigenvalue weighted by Gasteiger charge is 2.12. The van der Waals surface area contributed by atoms with Crippen LogP contribution in [-0.4, -0.2) is 13.0 Å². The second-order valence-electron chi connectivity index (χ2n) is 4.04. The van der Waals surface area contributed by atoms with E-state index in [0.717, 1.165) is 22.4 Å².